The first-order valence-corrected chi connectivity index (χ1v) is 20.0. The summed E-state index contributed by atoms with van der Waals surface area (Å²) in [5, 5.41) is 9.40. The lowest BCUT2D eigenvalue weighted by Crippen LogP contribution is -2.53. The molecular weight excluding hydrogens is 738 g/mol. The van der Waals surface area contributed by atoms with Crippen molar-refractivity contribution in [3.05, 3.63) is 129 Å². The zero-order chi connectivity index (χ0) is 39.8. The van der Waals surface area contributed by atoms with Gasteiger partial charge in [-0.05, 0) is 87.4 Å². The minimum atomic E-state index is -1.96. The third kappa shape index (κ3) is 6.87. The summed E-state index contributed by atoms with van der Waals surface area (Å²) in [6, 6.07) is 28.4. The van der Waals surface area contributed by atoms with E-state index in [0.717, 1.165) is 27.3 Å². The number of halogens is 1. The summed E-state index contributed by atoms with van der Waals surface area (Å²) in [5.74, 6) is 1.12. The SMILES string of the molecule is COc1ccc(C(O[C@]23C[C@H]2C[C@@]2(OP(OCCC#N)N(C(C)C)C(C)C)[C@@H]3O[C@@H](n3ccc(=O)[nH]c3=O)[C@H]2F)(c2ccccc2)c2ccc(OC)cc2)cc1. The van der Waals surface area contributed by atoms with Crippen molar-refractivity contribution in [3.8, 4) is 17.6 Å². The molecule has 12 nitrogen and oxygen atoms in total. The van der Waals surface area contributed by atoms with Gasteiger partial charge in [0.2, 0.25) is 0 Å². The number of nitriles is 1. The highest BCUT2D eigenvalue weighted by Gasteiger charge is 2.82. The molecule has 7 atom stereocenters. The maximum atomic E-state index is 17.8. The van der Waals surface area contributed by atoms with Gasteiger partial charge in [-0.15, -0.1) is 0 Å². The van der Waals surface area contributed by atoms with E-state index < -0.39 is 55.1 Å². The van der Waals surface area contributed by atoms with E-state index >= 15 is 4.39 Å². The molecule has 296 valence electrons. The van der Waals surface area contributed by atoms with Crippen molar-refractivity contribution in [1.29, 1.82) is 5.26 Å². The van der Waals surface area contributed by atoms with Crippen molar-refractivity contribution in [2.75, 3.05) is 20.8 Å². The van der Waals surface area contributed by atoms with Crippen LogP contribution in [0, 0.1) is 17.2 Å². The largest absolute Gasteiger partial charge is 0.497 e. The minimum absolute atomic E-state index is 0.0620. The maximum absolute atomic E-state index is 17.8. The van der Waals surface area contributed by atoms with Crippen molar-refractivity contribution in [2.45, 2.75) is 94.3 Å². The molecule has 7 rings (SSSR count). The number of aromatic amines is 1. The van der Waals surface area contributed by atoms with Gasteiger partial charge in [0, 0.05) is 24.3 Å². The molecule has 14 heteroatoms. The van der Waals surface area contributed by atoms with Gasteiger partial charge in [-0.3, -0.25) is 14.3 Å². The third-order valence-corrected chi connectivity index (χ3v) is 13.3. The first-order valence-electron chi connectivity index (χ1n) is 18.9. The van der Waals surface area contributed by atoms with Gasteiger partial charge >= 0.3 is 5.69 Å². The molecule has 3 fully saturated rings. The maximum Gasteiger partial charge on any atom is 0.330 e. The molecule has 3 aliphatic rings. The number of hydrogen-bond donors (Lipinski definition) is 1. The Balaban J connectivity index is 1.41. The van der Waals surface area contributed by atoms with E-state index in [2.05, 4.69) is 11.1 Å². The molecule has 56 heavy (non-hydrogen) atoms. The van der Waals surface area contributed by atoms with E-state index in [1.54, 1.807) is 14.2 Å². The average molecular weight is 787 g/mol. The molecule has 1 aromatic heterocycles. The van der Waals surface area contributed by atoms with Gasteiger partial charge in [0.15, 0.2) is 12.4 Å². The van der Waals surface area contributed by atoms with E-state index in [0.29, 0.717) is 17.9 Å². The zero-order valence-corrected chi connectivity index (χ0v) is 33.3. The molecule has 1 unspecified atom stereocenters. The monoisotopic (exact) mass is 786 g/mol. The summed E-state index contributed by atoms with van der Waals surface area (Å²) in [5.41, 5.74) is -3.03. The van der Waals surface area contributed by atoms with Crippen molar-refractivity contribution < 1.29 is 32.4 Å². The summed E-state index contributed by atoms with van der Waals surface area (Å²) in [4.78, 5) is 27.6. The lowest BCUT2D eigenvalue weighted by Gasteiger charge is -2.44. The summed E-state index contributed by atoms with van der Waals surface area (Å²) in [6.07, 6.45) is -2.29. The van der Waals surface area contributed by atoms with Crippen LogP contribution < -0.4 is 20.7 Å². The summed E-state index contributed by atoms with van der Waals surface area (Å²) >= 11 is 0. The third-order valence-electron chi connectivity index (χ3n) is 11.1. The quantitative estimate of drug-likeness (QED) is 0.0719. The smallest absolute Gasteiger partial charge is 0.330 e. The zero-order valence-electron chi connectivity index (χ0n) is 32.4. The highest BCUT2D eigenvalue weighted by atomic mass is 31.2. The fourth-order valence-corrected chi connectivity index (χ4v) is 10.4. The molecule has 1 saturated heterocycles. The van der Waals surface area contributed by atoms with Gasteiger partial charge in [0.1, 0.15) is 34.4 Å². The molecule has 0 radical (unpaired) electrons. The molecule has 0 spiro atoms. The van der Waals surface area contributed by atoms with Crippen LogP contribution >= 0.6 is 8.53 Å². The second kappa shape index (κ2) is 15.9. The fourth-order valence-electron chi connectivity index (χ4n) is 8.60. The lowest BCUT2D eigenvalue weighted by molar-refractivity contribution is -0.162. The van der Waals surface area contributed by atoms with Crippen molar-refractivity contribution in [2.24, 2.45) is 5.92 Å². The summed E-state index contributed by atoms with van der Waals surface area (Å²) in [7, 11) is 1.26. The summed E-state index contributed by atoms with van der Waals surface area (Å²) in [6.45, 7) is 8.12. The number of alkyl halides is 1. The minimum Gasteiger partial charge on any atom is -0.497 e. The number of nitrogens with one attached hydrogen (secondary N) is 1. The number of hydrogen-bond acceptors (Lipinski definition) is 10. The van der Waals surface area contributed by atoms with Crippen LogP contribution in [0.4, 0.5) is 4.39 Å². The second-order valence-corrected chi connectivity index (χ2v) is 16.5. The number of fused-ring (bicyclic) bond motifs is 3. The normalized spacial score (nSPS) is 25.9. The van der Waals surface area contributed by atoms with Crippen molar-refractivity contribution >= 4 is 8.53 Å². The molecule has 0 bridgehead atoms. The number of ether oxygens (including phenoxy) is 4. The Hall–Kier alpha value is -4.41. The predicted octanol–water partition coefficient (Wildman–Crippen LogP) is 6.99. The predicted molar refractivity (Wildman–Crippen MR) is 208 cm³/mol. The van der Waals surface area contributed by atoms with E-state index in [-0.39, 0.29) is 37.5 Å². The lowest BCUT2D eigenvalue weighted by atomic mass is 9.79. The number of nitrogens with zero attached hydrogens (tertiary/aromatic N) is 3. The molecule has 1 N–H and O–H groups in total. The Bertz CT molecular complexity index is 2090. The van der Waals surface area contributed by atoms with Crippen LogP contribution in [0.1, 0.15) is 69.9 Å². The van der Waals surface area contributed by atoms with E-state index in [4.69, 9.17) is 28.0 Å². The van der Waals surface area contributed by atoms with Gasteiger partial charge in [-0.25, -0.2) is 13.9 Å². The molecule has 4 aromatic rings. The van der Waals surface area contributed by atoms with Crippen LogP contribution in [0.3, 0.4) is 0 Å². The van der Waals surface area contributed by atoms with Crippen LogP contribution in [0.25, 0.3) is 0 Å². The average Bonchev–Trinajstić information content (AvgIpc) is 3.70. The number of aromatic nitrogens is 2. The number of rotatable bonds is 16. The van der Waals surface area contributed by atoms with Crippen LogP contribution in [-0.2, 0) is 24.1 Å². The van der Waals surface area contributed by atoms with Gasteiger partial charge in [-0.1, -0.05) is 54.6 Å². The van der Waals surface area contributed by atoms with Gasteiger partial charge in [-0.2, -0.15) is 5.26 Å². The topological polar surface area (TPSA) is 137 Å². The first-order chi connectivity index (χ1) is 26.9. The molecule has 0 amide bonds. The molecule has 2 aliphatic carbocycles. The molecule has 3 aromatic carbocycles. The number of methoxy groups -OCH3 is 2. The Morgan fingerprint density at radius 1 is 0.911 bits per heavy atom. The Morgan fingerprint density at radius 3 is 2.02 bits per heavy atom. The second-order valence-electron chi connectivity index (χ2n) is 15.1. The molecule has 2 saturated carbocycles. The summed E-state index contributed by atoms with van der Waals surface area (Å²) < 4.78 is 59.9. The van der Waals surface area contributed by atoms with E-state index in [1.807, 2.05) is 111 Å². The standard InChI is InChI=1S/C42H48FN4O8P/c1-27(2)47(28(3)4)56(52-24-10-22-44)55-41-26-32-25-40(32,38(41)53-37(36(41)43)46-23-21-35(48)45-39(46)49)54-42(29-11-8-7-9-12-29,30-13-17-33(50-5)18-14-30)31-15-19-34(51-6)20-16-31/h7-9,11-21,23,27-28,32,36-38H,10,24-26H2,1-6H3,(H,45,48,49)/t32-,36+,37+,38+,40+,41-,56?/m0/s1. The number of benzene rings is 3. The fraction of sp³-hybridized carbons (Fsp3) is 0.452. The van der Waals surface area contributed by atoms with Crippen LogP contribution in [0.2, 0.25) is 0 Å². The van der Waals surface area contributed by atoms with Gasteiger partial charge in [0.05, 0.1) is 33.3 Å². The van der Waals surface area contributed by atoms with Crippen molar-refractivity contribution in [1.82, 2.24) is 14.2 Å². The van der Waals surface area contributed by atoms with E-state index in [9.17, 15) is 14.9 Å². The van der Waals surface area contributed by atoms with Gasteiger partial charge < -0.3 is 28.0 Å². The van der Waals surface area contributed by atoms with Crippen LogP contribution in [0.15, 0.2) is 101 Å². The molecule has 1 aliphatic heterocycles. The first kappa shape index (κ1) is 39.8. The highest BCUT2D eigenvalue weighted by molar-refractivity contribution is 7.44. The van der Waals surface area contributed by atoms with Crippen LogP contribution in [0.5, 0.6) is 11.5 Å². The number of H-pyrrole nitrogens is 1. The highest BCUT2D eigenvalue weighted by Crippen LogP contribution is 2.73. The Labute approximate surface area is 327 Å². The Morgan fingerprint density at radius 2 is 1.48 bits per heavy atom. The van der Waals surface area contributed by atoms with Crippen LogP contribution in [-0.4, -0.2) is 70.6 Å². The van der Waals surface area contributed by atoms with Crippen molar-refractivity contribution in [3.63, 3.8) is 0 Å². The van der Waals surface area contributed by atoms with Gasteiger partial charge in [0.25, 0.3) is 14.1 Å². The molecule has 2 heterocycles. The molecular formula is C42H48FN4O8P. The van der Waals surface area contributed by atoms with E-state index in [1.165, 1.54) is 6.20 Å². The Kier molecular flexibility index (Phi) is 11.3.